The van der Waals surface area contributed by atoms with Crippen LogP contribution in [0.4, 0.5) is 11.4 Å². The van der Waals surface area contributed by atoms with Gasteiger partial charge in [0.05, 0.1) is 10.6 Å². The fourth-order valence-electron chi connectivity index (χ4n) is 2.44. The average Bonchev–Trinajstić information content (AvgIpc) is 3.24. The average molecular weight is 560 g/mol. The number of tetrazole rings is 1. The molecule has 156 valence electrons. The fraction of sp³-hybridized carbons (Fsp3) is 0.125. The highest BCUT2D eigenvalue weighted by Gasteiger charge is 2.52. The minimum absolute atomic E-state index is 0.0347. The number of anilines is 1. The van der Waals surface area contributed by atoms with Gasteiger partial charge in [-0.25, -0.2) is 8.42 Å². The highest BCUT2D eigenvalue weighted by atomic mass is 79.9. The number of alkyl halides is 2. The first-order chi connectivity index (χ1) is 14.1. The van der Waals surface area contributed by atoms with Crippen molar-refractivity contribution in [2.75, 3.05) is 11.9 Å². The fourth-order valence-corrected chi connectivity index (χ4v) is 4.95. The third-order valence-electron chi connectivity index (χ3n) is 4.00. The number of benzene rings is 2. The van der Waals surface area contributed by atoms with Gasteiger partial charge in [-0.1, -0.05) is 29.4 Å². The van der Waals surface area contributed by atoms with Crippen LogP contribution < -0.4 is 4.90 Å². The predicted molar refractivity (Wildman–Crippen MR) is 113 cm³/mol. The zero-order valence-electron chi connectivity index (χ0n) is 15.1. The van der Waals surface area contributed by atoms with Crippen LogP contribution in [0.1, 0.15) is 0 Å². The van der Waals surface area contributed by atoms with E-state index in [0.29, 0.717) is 5.69 Å². The van der Waals surface area contributed by atoms with Crippen LogP contribution in [-0.2, 0) is 14.6 Å². The number of nitro groups is 1. The van der Waals surface area contributed by atoms with Crippen molar-refractivity contribution in [2.45, 2.75) is 7.72 Å². The molecule has 14 heteroatoms. The van der Waals surface area contributed by atoms with Crippen molar-refractivity contribution in [3.8, 4) is 5.69 Å². The van der Waals surface area contributed by atoms with Crippen LogP contribution in [0.2, 0.25) is 0 Å². The summed E-state index contributed by atoms with van der Waals surface area (Å²) in [7, 11) is -3.15. The maximum Gasteiger partial charge on any atom is 0.275 e. The van der Waals surface area contributed by atoms with Gasteiger partial charge in [0, 0.05) is 24.9 Å². The smallest absolute Gasteiger partial charge is 0.275 e. The lowest BCUT2D eigenvalue weighted by Gasteiger charge is -2.25. The summed E-state index contributed by atoms with van der Waals surface area (Å²) in [6, 6.07) is 13.5. The molecule has 0 aliphatic carbocycles. The van der Waals surface area contributed by atoms with Crippen LogP contribution >= 0.6 is 31.9 Å². The third kappa shape index (κ3) is 3.85. The first kappa shape index (κ1) is 22.0. The Morgan fingerprint density at radius 2 is 1.83 bits per heavy atom. The predicted octanol–water partition coefficient (Wildman–Crippen LogP) is 2.45. The van der Waals surface area contributed by atoms with Crippen molar-refractivity contribution in [2.24, 2.45) is 0 Å². The maximum absolute atomic E-state index is 13.3. The first-order valence-corrected chi connectivity index (χ1v) is 11.1. The van der Waals surface area contributed by atoms with E-state index < -0.39 is 28.4 Å². The molecule has 0 fully saturated rings. The van der Waals surface area contributed by atoms with Crippen molar-refractivity contribution in [1.29, 1.82) is 0 Å². The number of sulfone groups is 1. The molecule has 1 heterocycles. The number of non-ortho nitro benzene ring substituents is 1. The monoisotopic (exact) mass is 558 g/mol. The highest BCUT2D eigenvalue weighted by Crippen LogP contribution is 2.39. The normalized spacial score (nSPS) is 11.8. The number of aromatic nitrogens is 4. The molecule has 0 saturated carbocycles. The van der Waals surface area contributed by atoms with Crippen molar-refractivity contribution < 1.29 is 18.1 Å². The van der Waals surface area contributed by atoms with Gasteiger partial charge in [-0.05, 0) is 60.5 Å². The third-order valence-corrected chi connectivity index (χ3v) is 8.82. The molecule has 2 aromatic carbocycles. The Morgan fingerprint density at radius 1 is 1.17 bits per heavy atom. The Hall–Kier alpha value is -2.71. The van der Waals surface area contributed by atoms with Crippen molar-refractivity contribution in [3.63, 3.8) is 0 Å². The van der Waals surface area contributed by atoms with Gasteiger partial charge in [-0.3, -0.25) is 14.9 Å². The highest BCUT2D eigenvalue weighted by molar-refractivity contribution is 9.28. The van der Waals surface area contributed by atoms with E-state index in [4.69, 9.17) is 0 Å². The molecule has 0 unspecified atom stereocenters. The number of nitrogens with zero attached hydrogens (tertiary/aromatic N) is 6. The Balaban J connectivity index is 2.04. The molecule has 0 bridgehead atoms. The number of carbonyl (C=O) groups is 1. The quantitative estimate of drug-likeness (QED) is 0.255. The topological polar surface area (TPSA) is 141 Å². The van der Waals surface area contributed by atoms with E-state index in [-0.39, 0.29) is 11.4 Å². The Bertz CT molecular complexity index is 1220. The van der Waals surface area contributed by atoms with Gasteiger partial charge in [-0.15, -0.1) is 0 Å². The lowest BCUT2D eigenvalue weighted by Crippen LogP contribution is -2.45. The number of para-hydroxylation sites is 1. The first-order valence-electron chi connectivity index (χ1n) is 8.06. The number of carbonyl (C=O) groups excluding carboxylic acids is 1. The second-order valence-electron chi connectivity index (χ2n) is 5.87. The molecule has 0 spiro atoms. The lowest BCUT2D eigenvalue weighted by molar-refractivity contribution is -0.384. The van der Waals surface area contributed by atoms with Gasteiger partial charge in [0.1, 0.15) is 0 Å². The van der Waals surface area contributed by atoms with Crippen LogP contribution in [0.3, 0.4) is 0 Å². The summed E-state index contributed by atoms with van der Waals surface area (Å²) < 4.78 is 25.0. The Labute approximate surface area is 187 Å². The summed E-state index contributed by atoms with van der Waals surface area (Å²) in [6.45, 7) is 0. The zero-order chi connectivity index (χ0) is 22.1. The van der Waals surface area contributed by atoms with Gasteiger partial charge in [0.15, 0.2) is 0 Å². The van der Waals surface area contributed by atoms with Crippen LogP contribution in [0.5, 0.6) is 0 Å². The summed E-state index contributed by atoms with van der Waals surface area (Å²) in [5, 5.41) is 20.8. The maximum atomic E-state index is 13.3. The number of halogens is 2. The summed E-state index contributed by atoms with van der Waals surface area (Å²) >= 11 is 5.91. The van der Waals surface area contributed by atoms with Gasteiger partial charge in [-0.2, -0.15) is 4.68 Å². The molecule has 0 N–H and O–H groups in total. The van der Waals surface area contributed by atoms with Crippen molar-refractivity contribution in [1.82, 2.24) is 20.2 Å². The number of amides is 1. The summed E-state index contributed by atoms with van der Waals surface area (Å²) in [6.07, 6.45) is 0. The number of hydrogen-bond acceptors (Lipinski definition) is 8. The minimum Gasteiger partial charge on any atom is -0.313 e. The van der Waals surface area contributed by atoms with E-state index >= 15 is 0 Å². The molecular weight excluding hydrogens is 548 g/mol. The van der Waals surface area contributed by atoms with Gasteiger partial charge in [0.2, 0.25) is 0 Å². The molecule has 0 atom stereocenters. The molecule has 11 nitrogen and oxygen atoms in total. The number of nitro benzene ring substituents is 1. The molecule has 1 aromatic heterocycles. The number of rotatable bonds is 6. The van der Waals surface area contributed by atoms with E-state index in [1.165, 1.54) is 25.2 Å². The minimum atomic E-state index is -4.56. The van der Waals surface area contributed by atoms with E-state index in [9.17, 15) is 23.3 Å². The van der Waals surface area contributed by atoms with E-state index in [0.717, 1.165) is 15.6 Å². The molecule has 3 aromatic rings. The van der Waals surface area contributed by atoms with E-state index in [1.54, 1.807) is 30.3 Å². The van der Waals surface area contributed by atoms with Crippen molar-refractivity contribution >= 4 is 59.0 Å². The van der Waals surface area contributed by atoms with Crippen LogP contribution in [0.25, 0.3) is 5.69 Å². The molecule has 0 aliphatic rings. The number of hydrogen-bond donors (Lipinski definition) is 0. The largest absolute Gasteiger partial charge is 0.313 e. The Morgan fingerprint density at radius 3 is 2.47 bits per heavy atom. The van der Waals surface area contributed by atoms with Crippen LogP contribution in [0, 0.1) is 10.1 Å². The summed E-state index contributed by atoms with van der Waals surface area (Å²) in [5.41, 5.74) is 0.210. The van der Waals surface area contributed by atoms with Gasteiger partial charge >= 0.3 is 0 Å². The molecule has 0 aliphatic heterocycles. The SMILES string of the molecule is CN(C(=O)C(Br)(Br)S(=O)(=O)c1nnnn1-c1cccc([N+](=O)[O-])c1)c1ccccc1. The standard InChI is InChI=1S/C16H12Br2N6O5S/c1-22(11-6-3-2-4-7-11)14(25)16(17,18)30(28,29)15-19-20-21-23(15)12-8-5-9-13(10-12)24(26)27/h2-10H,1H3. The van der Waals surface area contributed by atoms with Gasteiger partial charge < -0.3 is 4.90 Å². The van der Waals surface area contributed by atoms with Gasteiger partial charge in [0.25, 0.3) is 29.2 Å². The molecule has 0 radical (unpaired) electrons. The summed E-state index contributed by atoms with van der Waals surface area (Å²) in [4.78, 5) is 24.5. The molecule has 1 amide bonds. The zero-order valence-corrected chi connectivity index (χ0v) is 19.1. The van der Waals surface area contributed by atoms with Crippen LogP contribution in [-0.4, -0.2) is 49.1 Å². The second-order valence-corrected chi connectivity index (χ2v) is 12.3. The second kappa shape index (κ2) is 8.20. The Kier molecular flexibility index (Phi) is 6.01. The molecule has 0 saturated heterocycles. The molecule has 30 heavy (non-hydrogen) atoms. The van der Waals surface area contributed by atoms with Crippen LogP contribution in [0.15, 0.2) is 59.8 Å². The van der Waals surface area contributed by atoms with E-state index in [1.807, 2.05) is 0 Å². The van der Waals surface area contributed by atoms with Crippen molar-refractivity contribution in [3.05, 3.63) is 64.7 Å². The molecular formula is C16H12Br2N6O5S. The lowest BCUT2D eigenvalue weighted by atomic mass is 10.3. The van der Waals surface area contributed by atoms with E-state index in [2.05, 4.69) is 47.4 Å². The molecule has 3 rings (SSSR count). The summed E-state index contributed by atoms with van der Waals surface area (Å²) in [5.74, 6) is -0.859.